The first-order valence-electron chi connectivity index (χ1n) is 5.70. The van der Waals surface area contributed by atoms with Crippen LogP contribution in [-0.2, 0) is 0 Å². The van der Waals surface area contributed by atoms with Crippen molar-refractivity contribution < 1.29 is 0 Å². The number of hydrogen-bond acceptors (Lipinski definition) is 2. The Morgan fingerprint density at radius 2 is 1.79 bits per heavy atom. The van der Waals surface area contributed by atoms with Gasteiger partial charge in [-0.15, -0.1) is 0 Å². The second kappa shape index (κ2) is 3.82. The molecule has 84 valence electrons. The van der Waals surface area contributed by atoms with E-state index in [1.165, 1.54) is 6.42 Å². The van der Waals surface area contributed by atoms with Crippen LogP contribution in [0.4, 0.5) is 0 Å². The van der Waals surface area contributed by atoms with Crippen LogP contribution in [0.2, 0.25) is 0 Å². The number of nitrogens with one attached hydrogen (secondary N) is 1. The largest absolute Gasteiger partial charge is 0.326 e. The molecule has 14 heavy (non-hydrogen) atoms. The average molecular weight is 198 g/mol. The van der Waals surface area contributed by atoms with Crippen molar-refractivity contribution in [3.8, 4) is 0 Å². The third kappa shape index (κ3) is 3.25. The van der Waals surface area contributed by atoms with E-state index < -0.39 is 0 Å². The zero-order valence-corrected chi connectivity index (χ0v) is 10.4. The highest BCUT2D eigenvalue weighted by atomic mass is 15.0. The van der Waals surface area contributed by atoms with Gasteiger partial charge in [0.15, 0.2) is 0 Å². The van der Waals surface area contributed by atoms with Gasteiger partial charge in [0.1, 0.15) is 0 Å². The van der Waals surface area contributed by atoms with Crippen LogP contribution in [0.5, 0.6) is 0 Å². The van der Waals surface area contributed by atoms with Gasteiger partial charge >= 0.3 is 0 Å². The first-order valence-corrected chi connectivity index (χ1v) is 5.70. The summed E-state index contributed by atoms with van der Waals surface area (Å²) in [6.07, 6.45) is 2.37. The molecule has 0 aromatic rings. The minimum absolute atomic E-state index is 0.354. The topological polar surface area (TPSA) is 38.0 Å². The van der Waals surface area contributed by atoms with Crippen LogP contribution in [-0.4, -0.2) is 18.6 Å². The third-order valence-electron chi connectivity index (χ3n) is 3.09. The van der Waals surface area contributed by atoms with Crippen molar-refractivity contribution in [3.05, 3.63) is 0 Å². The lowest BCUT2D eigenvalue weighted by Crippen LogP contribution is -2.39. The molecule has 1 aliphatic heterocycles. The van der Waals surface area contributed by atoms with Gasteiger partial charge in [-0.2, -0.15) is 0 Å². The summed E-state index contributed by atoms with van der Waals surface area (Å²) in [5.41, 5.74) is 6.68. The molecule has 0 bridgehead atoms. The van der Waals surface area contributed by atoms with Gasteiger partial charge in [-0.05, 0) is 23.7 Å². The fourth-order valence-corrected chi connectivity index (χ4v) is 2.85. The fraction of sp³-hybridized carbons (Fsp3) is 1.00. The van der Waals surface area contributed by atoms with Crippen molar-refractivity contribution in [2.75, 3.05) is 6.54 Å². The standard InChI is InChI=1S/C12H26N2/c1-11(2,3)8-12(4,5)10-6-9(13)7-14-10/h9-10,14H,6-8,13H2,1-5H3. The summed E-state index contributed by atoms with van der Waals surface area (Å²) in [7, 11) is 0. The molecule has 1 saturated heterocycles. The molecule has 0 aliphatic carbocycles. The molecule has 2 heteroatoms. The molecule has 3 N–H and O–H groups in total. The minimum atomic E-state index is 0.354. The summed E-state index contributed by atoms with van der Waals surface area (Å²) in [5, 5.41) is 3.54. The smallest absolute Gasteiger partial charge is 0.0180 e. The predicted molar refractivity (Wildman–Crippen MR) is 62.2 cm³/mol. The number of hydrogen-bond donors (Lipinski definition) is 2. The van der Waals surface area contributed by atoms with Crippen LogP contribution in [0.3, 0.4) is 0 Å². The molecule has 1 heterocycles. The lowest BCUT2D eigenvalue weighted by Gasteiger charge is -2.37. The maximum absolute atomic E-state index is 5.92. The van der Waals surface area contributed by atoms with Gasteiger partial charge in [0.05, 0.1) is 0 Å². The van der Waals surface area contributed by atoms with Crippen molar-refractivity contribution >= 4 is 0 Å². The zero-order chi connectivity index (χ0) is 11.0. The average Bonchev–Trinajstić information content (AvgIpc) is 2.29. The van der Waals surface area contributed by atoms with E-state index >= 15 is 0 Å². The van der Waals surface area contributed by atoms with Crippen LogP contribution in [0.15, 0.2) is 0 Å². The molecule has 1 aliphatic rings. The van der Waals surface area contributed by atoms with Crippen LogP contribution in [0.1, 0.15) is 47.5 Å². The van der Waals surface area contributed by atoms with E-state index in [2.05, 4.69) is 39.9 Å². The van der Waals surface area contributed by atoms with E-state index in [9.17, 15) is 0 Å². The number of rotatable bonds is 2. The van der Waals surface area contributed by atoms with Gasteiger partial charge in [-0.3, -0.25) is 0 Å². The summed E-state index contributed by atoms with van der Waals surface area (Å²) >= 11 is 0. The second-order valence-corrected chi connectivity index (χ2v) is 6.68. The Morgan fingerprint density at radius 1 is 1.21 bits per heavy atom. The summed E-state index contributed by atoms with van der Waals surface area (Å²) in [6.45, 7) is 12.6. The van der Waals surface area contributed by atoms with Crippen molar-refractivity contribution in [2.24, 2.45) is 16.6 Å². The molecule has 0 spiro atoms. The molecular formula is C12H26N2. The van der Waals surface area contributed by atoms with E-state index in [0.717, 1.165) is 13.0 Å². The summed E-state index contributed by atoms with van der Waals surface area (Å²) in [4.78, 5) is 0. The first kappa shape index (κ1) is 12.0. The maximum atomic E-state index is 5.92. The van der Waals surface area contributed by atoms with Crippen LogP contribution in [0, 0.1) is 10.8 Å². The van der Waals surface area contributed by atoms with Crippen LogP contribution in [0.25, 0.3) is 0 Å². The van der Waals surface area contributed by atoms with Crippen molar-refractivity contribution in [1.29, 1.82) is 0 Å². The highest BCUT2D eigenvalue weighted by Crippen LogP contribution is 2.38. The molecule has 2 atom stereocenters. The third-order valence-corrected chi connectivity index (χ3v) is 3.09. The summed E-state index contributed by atoms with van der Waals surface area (Å²) in [6, 6.07) is 0.955. The van der Waals surface area contributed by atoms with Crippen molar-refractivity contribution in [2.45, 2.75) is 59.5 Å². The zero-order valence-electron chi connectivity index (χ0n) is 10.4. The quantitative estimate of drug-likeness (QED) is 0.713. The Bertz CT molecular complexity index is 191. The summed E-state index contributed by atoms with van der Waals surface area (Å²) in [5.74, 6) is 0. The van der Waals surface area contributed by atoms with E-state index in [1.807, 2.05) is 0 Å². The van der Waals surface area contributed by atoms with Crippen LogP contribution >= 0.6 is 0 Å². The second-order valence-electron chi connectivity index (χ2n) is 6.68. The Labute approximate surface area is 88.6 Å². The lowest BCUT2D eigenvalue weighted by molar-refractivity contribution is 0.163. The predicted octanol–water partition coefficient (Wildman–Crippen LogP) is 2.14. The Balaban J connectivity index is 2.56. The Hall–Kier alpha value is -0.0800. The van der Waals surface area contributed by atoms with Gasteiger partial charge in [0.2, 0.25) is 0 Å². The van der Waals surface area contributed by atoms with Gasteiger partial charge in [0, 0.05) is 18.6 Å². The normalized spacial score (nSPS) is 29.6. The number of nitrogens with two attached hydrogens (primary N) is 1. The fourth-order valence-electron chi connectivity index (χ4n) is 2.85. The van der Waals surface area contributed by atoms with Crippen molar-refractivity contribution in [1.82, 2.24) is 5.32 Å². The SMILES string of the molecule is CC(C)(C)CC(C)(C)C1CC(N)CN1. The molecule has 1 rings (SSSR count). The molecular weight excluding hydrogens is 172 g/mol. The van der Waals surface area contributed by atoms with Gasteiger partial charge < -0.3 is 11.1 Å². The highest BCUT2D eigenvalue weighted by molar-refractivity contribution is 4.94. The molecule has 0 radical (unpaired) electrons. The lowest BCUT2D eigenvalue weighted by atomic mass is 9.71. The van der Waals surface area contributed by atoms with Gasteiger partial charge in [-0.25, -0.2) is 0 Å². The molecule has 2 nitrogen and oxygen atoms in total. The monoisotopic (exact) mass is 198 g/mol. The molecule has 2 unspecified atom stereocenters. The molecule has 0 aromatic heterocycles. The molecule has 0 aromatic carbocycles. The van der Waals surface area contributed by atoms with Gasteiger partial charge in [0.25, 0.3) is 0 Å². The van der Waals surface area contributed by atoms with Gasteiger partial charge in [-0.1, -0.05) is 34.6 Å². The van der Waals surface area contributed by atoms with E-state index in [0.29, 0.717) is 22.9 Å². The summed E-state index contributed by atoms with van der Waals surface area (Å²) < 4.78 is 0. The van der Waals surface area contributed by atoms with Crippen LogP contribution < -0.4 is 11.1 Å². The Kier molecular flexibility index (Phi) is 3.27. The Morgan fingerprint density at radius 3 is 2.14 bits per heavy atom. The minimum Gasteiger partial charge on any atom is -0.326 e. The van der Waals surface area contributed by atoms with E-state index in [1.54, 1.807) is 0 Å². The first-order chi connectivity index (χ1) is 6.21. The van der Waals surface area contributed by atoms with E-state index in [-0.39, 0.29) is 0 Å². The molecule has 0 saturated carbocycles. The van der Waals surface area contributed by atoms with E-state index in [4.69, 9.17) is 5.73 Å². The maximum Gasteiger partial charge on any atom is 0.0180 e. The molecule has 0 amide bonds. The van der Waals surface area contributed by atoms with Crippen molar-refractivity contribution in [3.63, 3.8) is 0 Å². The molecule has 1 fully saturated rings. The highest BCUT2D eigenvalue weighted by Gasteiger charge is 2.36.